The van der Waals surface area contributed by atoms with Crippen molar-refractivity contribution < 1.29 is 14.7 Å². The maximum Gasteiger partial charge on any atom is 0.337 e. The van der Waals surface area contributed by atoms with Crippen LogP contribution >= 0.6 is 0 Å². The number of benzene rings is 2. The lowest BCUT2D eigenvalue weighted by molar-refractivity contribution is 0.0698. The Bertz CT molecular complexity index is 952. The van der Waals surface area contributed by atoms with Gasteiger partial charge in [0.2, 0.25) is 5.95 Å². The van der Waals surface area contributed by atoms with Crippen LogP contribution in [0.25, 0.3) is 11.0 Å². The first kappa shape index (κ1) is 14.3. The maximum atomic E-state index is 12.1. The first-order valence-corrected chi connectivity index (χ1v) is 6.62. The van der Waals surface area contributed by atoms with E-state index in [2.05, 4.69) is 15.3 Å². The molecule has 0 aliphatic rings. The van der Waals surface area contributed by atoms with Crippen molar-refractivity contribution in [3.05, 3.63) is 59.2 Å². The second-order valence-electron chi connectivity index (χ2n) is 4.74. The van der Waals surface area contributed by atoms with Gasteiger partial charge >= 0.3 is 5.97 Å². The van der Waals surface area contributed by atoms with Crippen molar-refractivity contribution in [3.8, 4) is 6.07 Å². The Labute approximate surface area is 130 Å². The van der Waals surface area contributed by atoms with E-state index >= 15 is 0 Å². The van der Waals surface area contributed by atoms with Gasteiger partial charge in [-0.1, -0.05) is 6.07 Å². The van der Waals surface area contributed by atoms with Crippen LogP contribution in [-0.2, 0) is 0 Å². The quantitative estimate of drug-likeness (QED) is 0.686. The van der Waals surface area contributed by atoms with Gasteiger partial charge in [-0.25, -0.2) is 9.78 Å². The normalized spacial score (nSPS) is 10.2. The van der Waals surface area contributed by atoms with Gasteiger partial charge in [0.1, 0.15) is 5.52 Å². The Kier molecular flexibility index (Phi) is 3.49. The number of nitriles is 1. The molecular formula is C16H10N4O3. The number of carboxylic acids is 1. The van der Waals surface area contributed by atoms with Gasteiger partial charge in [-0.15, -0.1) is 0 Å². The van der Waals surface area contributed by atoms with Crippen molar-refractivity contribution in [1.29, 1.82) is 5.26 Å². The topological polar surface area (TPSA) is 119 Å². The Morgan fingerprint density at radius 3 is 2.57 bits per heavy atom. The van der Waals surface area contributed by atoms with Gasteiger partial charge in [0.15, 0.2) is 0 Å². The molecule has 0 unspecified atom stereocenters. The summed E-state index contributed by atoms with van der Waals surface area (Å²) < 4.78 is 0. The predicted molar refractivity (Wildman–Crippen MR) is 82.2 cm³/mol. The number of hydrogen-bond donors (Lipinski definition) is 3. The third-order valence-electron chi connectivity index (χ3n) is 3.25. The molecule has 0 atom stereocenters. The molecule has 1 heterocycles. The molecule has 2 aromatic carbocycles. The smallest absolute Gasteiger partial charge is 0.337 e. The highest BCUT2D eigenvalue weighted by molar-refractivity contribution is 6.05. The summed E-state index contributed by atoms with van der Waals surface area (Å²) in [6.45, 7) is 0. The summed E-state index contributed by atoms with van der Waals surface area (Å²) in [5.74, 6) is -1.35. The standard InChI is InChI=1S/C16H10N4O3/c17-8-9-4-6-10(7-5-9)14(21)20-16-18-12-3-1-2-11(15(22)23)13(12)19-16/h1-7H,(H,22,23)(H2,18,19,20,21). The van der Waals surface area contributed by atoms with Crippen LogP contribution < -0.4 is 5.32 Å². The number of hydrogen-bond acceptors (Lipinski definition) is 4. The average Bonchev–Trinajstić information content (AvgIpc) is 2.96. The van der Waals surface area contributed by atoms with E-state index in [1.807, 2.05) is 6.07 Å². The molecule has 112 valence electrons. The average molecular weight is 306 g/mol. The van der Waals surface area contributed by atoms with Crippen LogP contribution in [0.15, 0.2) is 42.5 Å². The number of amides is 1. The summed E-state index contributed by atoms with van der Waals surface area (Å²) in [4.78, 5) is 30.3. The van der Waals surface area contributed by atoms with Crippen molar-refractivity contribution in [2.75, 3.05) is 5.32 Å². The van der Waals surface area contributed by atoms with Crippen LogP contribution in [0, 0.1) is 11.3 Å². The molecule has 1 amide bonds. The molecule has 7 heteroatoms. The van der Waals surface area contributed by atoms with E-state index in [4.69, 9.17) is 10.4 Å². The summed E-state index contributed by atoms with van der Waals surface area (Å²) in [5, 5.41) is 20.4. The third-order valence-corrected chi connectivity index (χ3v) is 3.25. The highest BCUT2D eigenvalue weighted by Crippen LogP contribution is 2.19. The van der Waals surface area contributed by atoms with Crippen LogP contribution in [0.4, 0.5) is 5.95 Å². The molecule has 3 aromatic rings. The van der Waals surface area contributed by atoms with Crippen LogP contribution in [-0.4, -0.2) is 27.0 Å². The van der Waals surface area contributed by atoms with Crippen LogP contribution in [0.5, 0.6) is 0 Å². The molecule has 0 aliphatic heterocycles. The van der Waals surface area contributed by atoms with E-state index in [1.54, 1.807) is 12.1 Å². The minimum atomic E-state index is -1.09. The van der Waals surface area contributed by atoms with Crippen LogP contribution in [0.3, 0.4) is 0 Å². The number of para-hydroxylation sites is 1. The fourth-order valence-corrected chi connectivity index (χ4v) is 2.14. The highest BCUT2D eigenvalue weighted by atomic mass is 16.4. The number of aromatic amines is 1. The van der Waals surface area contributed by atoms with Crippen molar-refractivity contribution in [2.45, 2.75) is 0 Å². The van der Waals surface area contributed by atoms with Gasteiger partial charge in [-0.2, -0.15) is 5.26 Å². The number of anilines is 1. The molecule has 0 aliphatic carbocycles. The molecule has 0 saturated heterocycles. The van der Waals surface area contributed by atoms with Crippen molar-refractivity contribution in [2.24, 2.45) is 0 Å². The number of nitrogens with zero attached hydrogens (tertiary/aromatic N) is 2. The Hall–Kier alpha value is -3.66. The largest absolute Gasteiger partial charge is 0.478 e. The number of H-pyrrole nitrogens is 1. The number of aromatic carboxylic acids is 1. The SMILES string of the molecule is N#Cc1ccc(C(=O)Nc2nc3c(C(=O)O)cccc3[nH]2)cc1. The summed E-state index contributed by atoms with van der Waals surface area (Å²) in [7, 11) is 0. The lowest BCUT2D eigenvalue weighted by Crippen LogP contribution is -2.12. The predicted octanol–water partition coefficient (Wildman–Crippen LogP) is 2.39. The number of imidazole rings is 1. The van der Waals surface area contributed by atoms with Gasteiger partial charge in [0.25, 0.3) is 5.91 Å². The molecule has 0 saturated carbocycles. The van der Waals surface area contributed by atoms with Gasteiger partial charge in [0.05, 0.1) is 22.7 Å². The zero-order valence-corrected chi connectivity index (χ0v) is 11.7. The lowest BCUT2D eigenvalue weighted by Gasteiger charge is -2.01. The lowest BCUT2D eigenvalue weighted by atomic mass is 10.1. The van der Waals surface area contributed by atoms with E-state index in [0.717, 1.165) is 0 Å². The first-order chi connectivity index (χ1) is 11.1. The fraction of sp³-hybridized carbons (Fsp3) is 0. The summed E-state index contributed by atoms with van der Waals surface area (Å²) in [5.41, 5.74) is 1.66. The molecule has 7 nitrogen and oxygen atoms in total. The number of carboxylic acid groups (broad SMARTS) is 1. The second-order valence-corrected chi connectivity index (χ2v) is 4.74. The summed E-state index contributed by atoms with van der Waals surface area (Å²) >= 11 is 0. The Balaban J connectivity index is 1.89. The molecule has 1 aromatic heterocycles. The van der Waals surface area contributed by atoms with Crippen LogP contribution in [0.2, 0.25) is 0 Å². The van der Waals surface area contributed by atoms with Crippen molar-refractivity contribution in [1.82, 2.24) is 9.97 Å². The minimum absolute atomic E-state index is 0.0534. The third kappa shape index (κ3) is 2.73. The van der Waals surface area contributed by atoms with E-state index in [0.29, 0.717) is 16.6 Å². The van der Waals surface area contributed by atoms with E-state index in [-0.39, 0.29) is 17.0 Å². The molecule has 0 radical (unpaired) electrons. The molecule has 3 rings (SSSR count). The fourth-order valence-electron chi connectivity index (χ4n) is 2.14. The van der Waals surface area contributed by atoms with E-state index < -0.39 is 11.9 Å². The van der Waals surface area contributed by atoms with Crippen LogP contribution in [0.1, 0.15) is 26.3 Å². The number of carbonyl (C=O) groups excluding carboxylic acids is 1. The van der Waals surface area contributed by atoms with E-state index in [9.17, 15) is 9.59 Å². The van der Waals surface area contributed by atoms with Gasteiger partial charge in [-0.05, 0) is 36.4 Å². The van der Waals surface area contributed by atoms with Crippen molar-refractivity contribution in [3.63, 3.8) is 0 Å². The zero-order chi connectivity index (χ0) is 16.4. The molecular weight excluding hydrogens is 296 g/mol. The van der Waals surface area contributed by atoms with E-state index in [1.165, 1.54) is 30.3 Å². The Morgan fingerprint density at radius 2 is 1.91 bits per heavy atom. The number of carbonyl (C=O) groups is 2. The summed E-state index contributed by atoms with van der Waals surface area (Å²) in [6, 6.07) is 12.8. The van der Waals surface area contributed by atoms with Gasteiger partial charge in [0, 0.05) is 5.56 Å². The second kappa shape index (κ2) is 5.61. The monoisotopic (exact) mass is 306 g/mol. The van der Waals surface area contributed by atoms with Crippen molar-refractivity contribution >= 4 is 28.9 Å². The number of rotatable bonds is 3. The highest BCUT2D eigenvalue weighted by Gasteiger charge is 2.14. The molecule has 23 heavy (non-hydrogen) atoms. The summed E-state index contributed by atoms with van der Waals surface area (Å²) in [6.07, 6.45) is 0. The molecule has 0 fully saturated rings. The zero-order valence-electron chi connectivity index (χ0n) is 11.7. The number of fused-ring (bicyclic) bond motifs is 1. The number of aromatic nitrogens is 2. The minimum Gasteiger partial charge on any atom is -0.478 e. The molecule has 3 N–H and O–H groups in total. The Morgan fingerprint density at radius 1 is 1.17 bits per heavy atom. The first-order valence-electron chi connectivity index (χ1n) is 6.62. The number of nitrogens with one attached hydrogen (secondary N) is 2. The van der Waals surface area contributed by atoms with Gasteiger partial charge < -0.3 is 10.1 Å². The van der Waals surface area contributed by atoms with Gasteiger partial charge in [-0.3, -0.25) is 10.1 Å². The molecule has 0 spiro atoms. The molecule has 0 bridgehead atoms. The maximum absolute atomic E-state index is 12.1.